The summed E-state index contributed by atoms with van der Waals surface area (Å²) in [6, 6.07) is 68.6. The normalized spacial score (nSPS) is 13.4. The summed E-state index contributed by atoms with van der Waals surface area (Å²) >= 11 is 0. The Balaban J connectivity index is 1.01. The smallest absolute Gasteiger partial charge is 0.164 e. The number of hydrogen-bond acceptors (Lipinski definition) is 5. The van der Waals surface area contributed by atoms with Gasteiger partial charge in [0.25, 0.3) is 0 Å². The van der Waals surface area contributed by atoms with E-state index in [9.17, 15) is 0 Å². The summed E-state index contributed by atoms with van der Waals surface area (Å²) < 4.78 is 6.74. The molecule has 0 saturated carbocycles. The standard InChI is InChI=1S/C52H32N4O/c1-3-15-33(16-4-1)49-53-50(34-17-5-2-6-18-34)55-51(54-49)35-27-29-39-40-30-28-36(32-48(40)57-47(39)31-35)56-45-25-13-11-23-43(45)52(44-24-12-14-26-46(44)56)41-21-9-7-19-37(41)38-20-8-10-22-42(38)52/h1-32H. The number of hydrogen-bond donors (Lipinski definition) is 0. The highest BCUT2D eigenvalue weighted by Crippen LogP contribution is 2.63. The molecule has 5 heteroatoms. The first kappa shape index (κ1) is 31.7. The van der Waals surface area contributed by atoms with Gasteiger partial charge in [0.05, 0.1) is 16.8 Å². The second kappa shape index (κ2) is 12.2. The van der Waals surface area contributed by atoms with Crippen LogP contribution in [0.2, 0.25) is 0 Å². The maximum Gasteiger partial charge on any atom is 0.164 e. The van der Waals surface area contributed by atoms with Gasteiger partial charge in [0.1, 0.15) is 11.2 Å². The van der Waals surface area contributed by atoms with Crippen LogP contribution in [-0.2, 0) is 5.41 Å². The lowest BCUT2D eigenvalue weighted by molar-refractivity contribution is 0.669. The molecule has 0 atom stereocenters. The lowest BCUT2D eigenvalue weighted by Crippen LogP contribution is -2.36. The fourth-order valence-corrected chi connectivity index (χ4v) is 9.32. The first-order chi connectivity index (χ1) is 28.3. The Morgan fingerprint density at radius 3 is 1.37 bits per heavy atom. The third-order valence-corrected chi connectivity index (χ3v) is 11.7. The molecule has 0 amide bonds. The van der Waals surface area contributed by atoms with E-state index in [-0.39, 0.29) is 0 Å². The Bertz CT molecular complexity index is 3050. The van der Waals surface area contributed by atoms with Crippen molar-refractivity contribution in [2.75, 3.05) is 4.90 Å². The van der Waals surface area contributed by atoms with Crippen LogP contribution in [0.15, 0.2) is 199 Å². The largest absolute Gasteiger partial charge is 0.456 e. The van der Waals surface area contributed by atoms with Crippen LogP contribution in [0.3, 0.4) is 0 Å². The fraction of sp³-hybridized carbons (Fsp3) is 0.0192. The lowest BCUT2D eigenvalue weighted by atomic mass is 9.64. The Kier molecular flexibility index (Phi) is 6.78. The van der Waals surface area contributed by atoms with Gasteiger partial charge in [-0.2, -0.15) is 0 Å². The van der Waals surface area contributed by atoms with Gasteiger partial charge in [-0.3, -0.25) is 0 Å². The van der Waals surface area contributed by atoms with Crippen molar-refractivity contribution in [2.45, 2.75) is 5.41 Å². The van der Waals surface area contributed by atoms with E-state index in [0.717, 1.165) is 55.7 Å². The minimum Gasteiger partial charge on any atom is -0.456 e. The number of benzene rings is 8. The summed E-state index contributed by atoms with van der Waals surface area (Å²) in [5.41, 5.74) is 15.0. The van der Waals surface area contributed by atoms with Crippen LogP contribution in [-0.4, -0.2) is 15.0 Å². The number of rotatable bonds is 4. The van der Waals surface area contributed by atoms with Crippen LogP contribution in [0.25, 0.3) is 67.2 Å². The molecule has 0 bridgehead atoms. The highest BCUT2D eigenvalue weighted by molar-refractivity contribution is 6.07. The molecule has 10 aromatic rings. The molecule has 266 valence electrons. The monoisotopic (exact) mass is 728 g/mol. The van der Waals surface area contributed by atoms with Crippen molar-refractivity contribution in [1.82, 2.24) is 15.0 Å². The van der Waals surface area contributed by atoms with Crippen LogP contribution in [0.4, 0.5) is 17.1 Å². The van der Waals surface area contributed by atoms with Gasteiger partial charge in [-0.15, -0.1) is 0 Å². The Morgan fingerprint density at radius 1 is 0.368 bits per heavy atom. The molecule has 0 fully saturated rings. The van der Waals surface area contributed by atoms with E-state index in [0.29, 0.717) is 17.5 Å². The zero-order valence-electron chi connectivity index (χ0n) is 30.7. The number of fused-ring (bicyclic) bond motifs is 12. The molecular weight excluding hydrogens is 697 g/mol. The second-order valence-corrected chi connectivity index (χ2v) is 14.7. The summed E-state index contributed by atoms with van der Waals surface area (Å²) in [6.45, 7) is 0. The average Bonchev–Trinajstić information content (AvgIpc) is 3.80. The van der Waals surface area contributed by atoms with E-state index in [1.54, 1.807) is 0 Å². The van der Waals surface area contributed by atoms with Crippen LogP contribution >= 0.6 is 0 Å². The van der Waals surface area contributed by atoms with Gasteiger partial charge >= 0.3 is 0 Å². The highest BCUT2D eigenvalue weighted by Gasteiger charge is 2.51. The van der Waals surface area contributed by atoms with Crippen LogP contribution in [0.5, 0.6) is 0 Å². The summed E-state index contributed by atoms with van der Waals surface area (Å²) in [6.07, 6.45) is 0. The second-order valence-electron chi connectivity index (χ2n) is 14.7. The molecule has 57 heavy (non-hydrogen) atoms. The molecule has 0 radical (unpaired) electrons. The van der Waals surface area contributed by atoms with Crippen molar-refractivity contribution in [3.05, 3.63) is 216 Å². The predicted molar refractivity (Wildman–Crippen MR) is 229 cm³/mol. The summed E-state index contributed by atoms with van der Waals surface area (Å²) in [7, 11) is 0. The minimum atomic E-state index is -0.452. The van der Waals surface area contributed by atoms with Crippen LogP contribution < -0.4 is 4.90 Å². The van der Waals surface area contributed by atoms with Crippen molar-refractivity contribution in [3.63, 3.8) is 0 Å². The Hall–Kier alpha value is -7.63. The van der Waals surface area contributed by atoms with Gasteiger partial charge in [-0.05, 0) is 69.8 Å². The van der Waals surface area contributed by atoms with E-state index >= 15 is 0 Å². The first-order valence-electron chi connectivity index (χ1n) is 19.3. The molecule has 2 aliphatic rings. The number of nitrogens with zero attached hydrogens (tertiary/aromatic N) is 4. The van der Waals surface area contributed by atoms with Gasteiger partial charge < -0.3 is 9.32 Å². The van der Waals surface area contributed by atoms with Crippen molar-refractivity contribution < 1.29 is 4.42 Å². The van der Waals surface area contributed by atoms with Gasteiger partial charge in [-0.1, -0.05) is 152 Å². The van der Waals surface area contributed by atoms with E-state index < -0.39 is 5.41 Å². The molecule has 0 N–H and O–H groups in total. The van der Waals surface area contributed by atoms with E-state index in [4.69, 9.17) is 19.4 Å². The SMILES string of the molecule is c1ccc(-c2nc(-c3ccccc3)nc(-c3ccc4c(c3)oc3cc(N5c6ccccc6C6(c7ccccc7-c7ccccc76)c6ccccc65)ccc34)n2)cc1. The molecule has 1 aliphatic heterocycles. The van der Waals surface area contributed by atoms with E-state index in [2.05, 4.69) is 138 Å². The number of aromatic nitrogens is 3. The molecule has 8 aromatic carbocycles. The van der Waals surface area contributed by atoms with Crippen molar-refractivity contribution in [1.29, 1.82) is 0 Å². The molecule has 0 unspecified atom stereocenters. The van der Waals surface area contributed by atoms with E-state index in [1.165, 1.54) is 33.4 Å². The maximum atomic E-state index is 6.74. The maximum absolute atomic E-state index is 6.74. The number of anilines is 3. The quantitative estimate of drug-likeness (QED) is 0.181. The molecule has 3 heterocycles. The average molecular weight is 729 g/mol. The van der Waals surface area contributed by atoms with Gasteiger partial charge in [0.2, 0.25) is 0 Å². The zero-order valence-corrected chi connectivity index (χ0v) is 30.7. The molecular formula is C52H32N4O. The fourth-order valence-electron chi connectivity index (χ4n) is 9.32. The molecule has 5 nitrogen and oxygen atoms in total. The van der Waals surface area contributed by atoms with Crippen molar-refractivity contribution in [3.8, 4) is 45.3 Å². The molecule has 0 saturated heterocycles. The Labute approximate surface area is 329 Å². The molecule has 1 aliphatic carbocycles. The molecule has 12 rings (SSSR count). The Morgan fingerprint density at radius 2 is 0.807 bits per heavy atom. The van der Waals surface area contributed by atoms with Crippen LogP contribution in [0.1, 0.15) is 22.3 Å². The molecule has 1 spiro atoms. The minimum absolute atomic E-state index is 0.452. The number of furan rings is 1. The summed E-state index contributed by atoms with van der Waals surface area (Å²) in [5, 5.41) is 2.10. The van der Waals surface area contributed by atoms with Gasteiger partial charge in [0, 0.05) is 39.2 Å². The predicted octanol–water partition coefficient (Wildman–Crippen LogP) is 12.9. The van der Waals surface area contributed by atoms with Gasteiger partial charge in [-0.25, -0.2) is 15.0 Å². The van der Waals surface area contributed by atoms with Crippen molar-refractivity contribution in [2.24, 2.45) is 0 Å². The summed E-state index contributed by atoms with van der Waals surface area (Å²) in [5.74, 6) is 1.85. The lowest BCUT2D eigenvalue weighted by Gasteiger charge is -2.45. The van der Waals surface area contributed by atoms with Crippen molar-refractivity contribution >= 4 is 39.0 Å². The van der Waals surface area contributed by atoms with E-state index in [1.807, 2.05) is 60.7 Å². The van der Waals surface area contributed by atoms with Crippen LogP contribution in [0, 0.1) is 0 Å². The summed E-state index contributed by atoms with van der Waals surface area (Å²) in [4.78, 5) is 17.2. The third kappa shape index (κ3) is 4.60. The zero-order chi connectivity index (χ0) is 37.5. The molecule has 2 aromatic heterocycles. The highest BCUT2D eigenvalue weighted by atomic mass is 16.3. The third-order valence-electron chi connectivity index (χ3n) is 11.7. The first-order valence-corrected chi connectivity index (χ1v) is 19.3. The number of para-hydroxylation sites is 2. The van der Waals surface area contributed by atoms with Gasteiger partial charge in [0.15, 0.2) is 17.5 Å². The topological polar surface area (TPSA) is 55.1 Å².